The van der Waals surface area contributed by atoms with Gasteiger partial charge in [0.25, 0.3) is 5.91 Å². The third kappa shape index (κ3) is 6.45. The Bertz CT molecular complexity index is 900. The average molecular weight is 478 g/mol. The minimum absolute atomic E-state index is 0.0365. The van der Waals surface area contributed by atoms with Crippen LogP contribution < -0.4 is 14.9 Å². The molecular formula is C21H24BrN3O5. The summed E-state index contributed by atoms with van der Waals surface area (Å²) in [5.74, 6) is 0.649. The first-order chi connectivity index (χ1) is 14.5. The summed E-state index contributed by atoms with van der Waals surface area (Å²) < 4.78 is 17.1. The largest absolute Gasteiger partial charge is 0.504 e. The van der Waals surface area contributed by atoms with Crippen LogP contribution in [0.25, 0.3) is 0 Å². The predicted molar refractivity (Wildman–Crippen MR) is 116 cm³/mol. The van der Waals surface area contributed by atoms with Crippen LogP contribution >= 0.6 is 15.9 Å². The van der Waals surface area contributed by atoms with Gasteiger partial charge in [0, 0.05) is 29.7 Å². The third-order valence-corrected chi connectivity index (χ3v) is 4.98. The van der Waals surface area contributed by atoms with Crippen molar-refractivity contribution in [1.82, 2.24) is 10.3 Å². The first-order valence-electron chi connectivity index (χ1n) is 9.45. The Kier molecular flexibility index (Phi) is 8.06. The number of halogens is 1. The zero-order valence-corrected chi connectivity index (χ0v) is 18.2. The first-order valence-corrected chi connectivity index (χ1v) is 10.2. The fraction of sp³-hybridized carbons (Fsp3) is 0.333. The number of benzene rings is 2. The topological polar surface area (TPSA) is 92.6 Å². The molecular weight excluding hydrogens is 454 g/mol. The van der Waals surface area contributed by atoms with Crippen LogP contribution in [0.15, 0.2) is 46.0 Å². The molecule has 0 spiro atoms. The predicted octanol–water partition coefficient (Wildman–Crippen LogP) is 2.52. The Morgan fingerprint density at radius 3 is 2.83 bits per heavy atom. The van der Waals surface area contributed by atoms with Crippen LogP contribution in [0.4, 0.5) is 0 Å². The van der Waals surface area contributed by atoms with E-state index >= 15 is 0 Å². The number of nitrogens with one attached hydrogen (secondary N) is 1. The van der Waals surface area contributed by atoms with Gasteiger partial charge in [0.2, 0.25) is 0 Å². The van der Waals surface area contributed by atoms with Crippen LogP contribution in [-0.4, -0.2) is 62.1 Å². The number of morpholine rings is 1. The second-order valence-corrected chi connectivity index (χ2v) is 7.57. The van der Waals surface area contributed by atoms with Gasteiger partial charge in [0.15, 0.2) is 18.1 Å². The lowest BCUT2D eigenvalue weighted by Gasteiger charge is -2.27. The molecule has 2 aromatic carbocycles. The van der Waals surface area contributed by atoms with Crippen LogP contribution in [-0.2, 0) is 16.1 Å². The lowest BCUT2D eigenvalue weighted by atomic mass is 10.2. The third-order valence-electron chi connectivity index (χ3n) is 4.49. The van der Waals surface area contributed by atoms with Crippen LogP contribution in [0.5, 0.6) is 17.2 Å². The summed E-state index contributed by atoms with van der Waals surface area (Å²) >= 11 is 3.49. The lowest BCUT2D eigenvalue weighted by Crippen LogP contribution is -2.35. The second kappa shape index (κ2) is 11.0. The summed E-state index contributed by atoms with van der Waals surface area (Å²) in [6.45, 7) is 3.73. The number of phenolic OH excluding ortho intramolecular Hbond substituents is 1. The molecule has 2 N–H and O–H groups in total. The van der Waals surface area contributed by atoms with Crippen LogP contribution in [0.2, 0.25) is 0 Å². The van der Waals surface area contributed by atoms with Crippen molar-refractivity contribution in [3.63, 3.8) is 0 Å². The number of rotatable bonds is 8. The van der Waals surface area contributed by atoms with Gasteiger partial charge < -0.3 is 19.3 Å². The highest BCUT2D eigenvalue weighted by molar-refractivity contribution is 9.10. The molecule has 1 aliphatic rings. The molecule has 1 heterocycles. The van der Waals surface area contributed by atoms with Gasteiger partial charge in [-0.05, 0) is 42.0 Å². The highest BCUT2D eigenvalue weighted by atomic mass is 79.9. The number of ether oxygens (including phenoxy) is 3. The summed E-state index contributed by atoms with van der Waals surface area (Å²) in [5.41, 5.74) is 4.10. The van der Waals surface area contributed by atoms with Crippen molar-refractivity contribution in [2.45, 2.75) is 6.54 Å². The quantitative estimate of drug-likeness (QED) is 0.448. The number of hydrogen-bond donors (Lipinski definition) is 2. The highest BCUT2D eigenvalue weighted by Gasteiger charge is 2.14. The molecule has 3 rings (SSSR count). The molecule has 0 atom stereocenters. The molecule has 0 aliphatic carbocycles. The van der Waals surface area contributed by atoms with E-state index in [1.54, 1.807) is 12.1 Å². The number of amides is 1. The summed E-state index contributed by atoms with van der Waals surface area (Å²) in [6.07, 6.45) is 1.46. The molecule has 0 radical (unpaired) electrons. The van der Waals surface area contributed by atoms with E-state index in [1.807, 2.05) is 18.2 Å². The average Bonchev–Trinajstić information content (AvgIpc) is 2.75. The molecule has 0 saturated carbocycles. The van der Waals surface area contributed by atoms with Gasteiger partial charge in [-0.2, -0.15) is 5.10 Å². The van der Waals surface area contributed by atoms with E-state index in [-0.39, 0.29) is 18.3 Å². The van der Waals surface area contributed by atoms with Crippen LogP contribution in [0, 0.1) is 0 Å². The number of methoxy groups -OCH3 is 1. The smallest absolute Gasteiger partial charge is 0.277 e. The summed E-state index contributed by atoms with van der Waals surface area (Å²) in [4.78, 5) is 14.4. The van der Waals surface area contributed by atoms with Crippen molar-refractivity contribution in [2.24, 2.45) is 5.10 Å². The minimum Gasteiger partial charge on any atom is -0.504 e. The van der Waals surface area contributed by atoms with Crippen LogP contribution in [0.3, 0.4) is 0 Å². The van der Waals surface area contributed by atoms with Crippen molar-refractivity contribution in [1.29, 1.82) is 0 Å². The van der Waals surface area contributed by atoms with Gasteiger partial charge in [-0.15, -0.1) is 0 Å². The Morgan fingerprint density at radius 2 is 2.07 bits per heavy atom. The summed E-state index contributed by atoms with van der Waals surface area (Å²) in [5, 5.41) is 13.5. The van der Waals surface area contributed by atoms with E-state index < -0.39 is 0 Å². The maximum Gasteiger partial charge on any atom is 0.277 e. The number of nitrogens with zero attached hydrogens (tertiary/aromatic N) is 2. The Hall–Kier alpha value is -2.62. The Balaban J connectivity index is 1.54. The second-order valence-electron chi connectivity index (χ2n) is 6.65. The van der Waals surface area contributed by atoms with E-state index in [2.05, 4.69) is 31.4 Å². The van der Waals surface area contributed by atoms with Crippen molar-refractivity contribution in [3.8, 4) is 17.2 Å². The van der Waals surface area contributed by atoms with Crippen molar-refractivity contribution < 1.29 is 24.1 Å². The number of hydrogen-bond acceptors (Lipinski definition) is 7. The standard InChI is InChI=1S/C21H24BrN3O5/c1-28-20-10-15(2-4-18(20)26)12-23-24-21(27)14-30-19-5-3-17(22)11-16(19)13-25-6-8-29-9-7-25/h2-5,10-12,26H,6-9,13-14H2,1H3,(H,24,27)/b23-12+. The number of phenols is 1. The Labute approximate surface area is 183 Å². The zero-order chi connectivity index (χ0) is 21.3. The highest BCUT2D eigenvalue weighted by Crippen LogP contribution is 2.26. The molecule has 2 aromatic rings. The summed E-state index contributed by atoms with van der Waals surface area (Å²) in [7, 11) is 1.46. The fourth-order valence-electron chi connectivity index (χ4n) is 2.94. The molecule has 0 aromatic heterocycles. The number of carbonyl (C=O) groups excluding carboxylic acids is 1. The monoisotopic (exact) mass is 477 g/mol. The van der Waals surface area contributed by atoms with E-state index in [9.17, 15) is 9.90 Å². The number of aromatic hydroxyl groups is 1. The van der Waals surface area contributed by atoms with E-state index in [0.717, 1.165) is 42.9 Å². The van der Waals surface area contributed by atoms with Gasteiger partial charge in [-0.1, -0.05) is 15.9 Å². The molecule has 1 aliphatic heterocycles. The molecule has 9 heteroatoms. The first kappa shape index (κ1) is 22.1. The molecule has 1 fully saturated rings. The van der Waals surface area contributed by atoms with Crippen molar-refractivity contribution >= 4 is 28.1 Å². The fourth-order valence-corrected chi connectivity index (χ4v) is 3.35. The van der Waals surface area contributed by atoms with Gasteiger partial charge in [-0.25, -0.2) is 5.43 Å². The molecule has 8 nitrogen and oxygen atoms in total. The van der Waals surface area contributed by atoms with E-state index in [0.29, 0.717) is 17.1 Å². The normalized spacial score (nSPS) is 14.6. The van der Waals surface area contributed by atoms with Gasteiger partial charge in [-0.3, -0.25) is 9.69 Å². The molecule has 0 bridgehead atoms. The number of carbonyl (C=O) groups is 1. The molecule has 1 amide bonds. The van der Waals surface area contributed by atoms with E-state index in [4.69, 9.17) is 14.2 Å². The van der Waals surface area contributed by atoms with Gasteiger partial charge >= 0.3 is 0 Å². The maximum atomic E-state index is 12.1. The SMILES string of the molecule is COc1cc(/C=N/NC(=O)COc2ccc(Br)cc2CN2CCOCC2)ccc1O. The maximum absolute atomic E-state index is 12.1. The molecule has 160 valence electrons. The van der Waals surface area contributed by atoms with Crippen molar-refractivity contribution in [2.75, 3.05) is 40.0 Å². The molecule has 1 saturated heterocycles. The Morgan fingerprint density at radius 1 is 1.27 bits per heavy atom. The van der Waals surface area contributed by atoms with Crippen LogP contribution in [0.1, 0.15) is 11.1 Å². The molecule has 30 heavy (non-hydrogen) atoms. The zero-order valence-electron chi connectivity index (χ0n) is 16.6. The minimum atomic E-state index is -0.378. The van der Waals surface area contributed by atoms with E-state index in [1.165, 1.54) is 19.4 Å². The van der Waals surface area contributed by atoms with Gasteiger partial charge in [0.05, 0.1) is 26.5 Å². The van der Waals surface area contributed by atoms with Crippen molar-refractivity contribution in [3.05, 3.63) is 52.0 Å². The van der Waals surface area contributed by atoms with Gasteiger partial charge in [0.1, 0.15) is 5.75 Å². The summed E-state index contributed by atoms with van der Waals surface area (Å²) in [6, 6.07) is 10.5. The number of hydrazone groups is 1. The lowest BCUT2D eigenvalue weighted by molar-refractivity contribution is -0.123. The molecule has 0 unspecified atom stereocenters.